The predicted molar refractivity (Wildman–Crippen MR) is 101 cm³/mol. The van der Waals surface area contributed by atoms with E-state index in [0.717, 1.165) is 12.2 Å². The van der Waals surface area contributed by atoms with Gasteiger partial charge >= 0.3 is 0 Å². The SMILES string of the molecule is CCCCCCCCCCCNNC(=S)Nc1ccccc1. The molecule has 1 aromatic carbocycles. The van der Waals surface area contributed by atoms with E-state index < -0.39 is 0 Å². The number of hydrogen-bond donors (Lipinski definition) is 3. The summed E-state index contributed by atoms with van der Waals surface area (Å²) in [5, 5.41) is 3.75. The Morgan fingerprint density at radius 2 is 1.45 bits per heavy atom. The van der Waals surface area contributed by atoms with Crippen molar-refractivity contribution in [3.05, 3.63) is 30.3 Å². The molecule has 1 rings (SSSR count). The molecule has 0 heterocycles. The van der Waals surface area contributed by atoms with Gasteiger partial charge in [-0.3, -0.25) is 5.43 Å². The third kappa shape index (κ3) is 10.6. The van der Waals surface area contributed by atoms with Crippen LogP contribution in [-0.2, 0) is 0 Å². The van der Waals surface area contributed by atoms with Gasteiger partial charge in [-0.05, 0) is 30.8 Å². The molecule has 0 bridgehead atoms. The Morgan fingerprint density at radius 1 is 0.864 bits per heavy atom. The van der Waals surface area contributed by atoms with Crippen LogP contribution in [0, 0.1) is 0 Å². The van der Waals surface area contributed by atoms with Gasteiger partial charge in [0.05, 0.1) is 0 Å². The number of anilines is 1. The molecule has 0 aliphatic carbocycles. The summed E-state index contributed by atoms with van der Waals surface area (Å²) in [5.74, 6) is 0. The van der Waals surface area contributed by atoms with Crippen LogP contribution in [0.4, 0.5) is 5.69 Å². The van der Waals surface area contributed by atoms with Crippen molar-refractivity contribution in [3.8, 4) is 0 Å². The molecule has 3 N–H and O–H groups in total. The molecule has 0 aliphatic rings. The van der Waals surface area contributed by atoms with Crippen LogP contribution in [0.2, 0.25) is 0 Å². The van der Waals surface area contributed by atoms with E-state index in [1.165, 1.54) is 57.8 Å². The molecule has 1 aromatic rings. The molecule has 0 unspecified atom stereocenters. The molecule has 124 valence electrons. The number of rotatable bonds is 12. The van der Waals surface area contributed by atoms with Crippen LogP contribution in [0.1, 0.15) is 64.7 Å². The Balaban J connectivity index is 1.86. The van der Waals surface area contributed by atoms with E-state index >= 15 is 0 Å². The largest absolute Gasteiger partial charge is 0.332 e. The Kier molecular flexibility index (Phi) is 11.6. The lowest BCUT2D eigenvalue weighted by atomic mass is 10.1. The predicted octanol–water partition coefficient (Wildman–Crippen LogP) is 5.01. The van der Waals surface area contributed by atoms with Gasteiger partial charge in [0, 0.05) is 12.2 Å². The van der Waals surface area contributed by atoms with Gasteiger partial charge in [-0.25, -0.2) is 5.43 Å². The highest BCUT2D eigenvalue weighted by Crippen LogP contribution is 2.09. The van der Waals surface area contributed by atoms with Crippen molar-refractivity contribution in [2.75, 3.05) is 11.9 Å². The lowest BCUT2D eigenvalue weighted by molar-refractivity contribution is 0.542. The average molecular weight is 322 g/mol. The average Bonchev–Trinajstić information content (AvgIpc) is 2.53. The second kappa shape index (κ2) is 13.5. The number of hydrogen-bond acceptors (Lipinski definition) is 2. The van der Waals surface area contributed by atoms with E-state index in [2.05, 4.69) is 23.1 Å². The monoisotopic (exact) mass is 321 g/mol. The van der Waals surface area contributed by atoms with E-state index in [1.807, 2.05) is 30.3 Å². The standard InChI is InChI=1S/C18H31N3S/c1-2-3-4-5-6-7-8-9-13-16-19-21-18(22)20-17-14-11-10-12-15-17/h10-12,14-15,19H,2-9,13,16H2,1H3,(H2,20,21,22). The number of nitrogens with one attached hydrogen (secondary N) is 3. The molecule has 0 aliphatic heterocycles. The topological polar surface area (TPSA) is 36.1 Å². The van der Waals surface area contributed by atoms with Crippen LogP contribution in [0.3, 0.4) is 0 Å². The molecule has 0 spiro atoms. The minimum Gasteiger partial charge on any atom is -0.332 e. The van der Waals surface area contributed by atoms with Crippen molar-refractivity contribution in [3.63, 3.8) is 0 Å². The van der Waals surface area contributed by atoms with Crippen LogP contribution in [-0.4, -0.2) is 11.7 Å². The van der Waals surface area contributed by atoms with E-state index in [4.69, 9.17) is 12.2 Å². The summed E-state index contributed by atoms with van der Waals surface area (Å²) in [4.78, 5) is 0. The molecular weight excluding hydrogens is 290 g/mol. The Bertz CT molecular complexity index is 381. The summed E-state index contributed by atoms with van der Waals surface area (Å²) >= 11 is 5.22. The molecule has 0 radical (unpaired) electrons. The smallest absolute Gasteiger partial charge is 0.185 e. The number of unbranched alkanes of at least 4 members (excludes halogenated alkanes) is 8. The van der Waals surface area contributed by atoms with Crippen molar-refractivity contribution in [1.29, 1.82) is 0 Å². The van der Waals surface area contributed by atoms with E-state index in [0.29, 0.717) is 5.11 Å². The normalized spacial score (nSPS) is 10.4. The van der Waals surface area contributed by atoms with Gasteiger partial charge in [-0.15, -0.1) is 0 Å². The lowest BCUT2D eigenvalue weighted by Gasteiger charge is -2.11. The van der Waals surface area contributed by atoms with Gasteiger partial charge in [0.2, 0.25) is 0 Å². The minimum absolute atomic E-state index is 0.613. The number of hydrazine groups is 1. The first-order valence-electron chi connectivity index (χ1n) is 8.68. The zero-order valence-electron chi connectivity index (χ0n) is 13.9. The summed E-state index contributed by atoms with van der Waals surface area (Å²) in [6.07, 6.45) is 12.2. The summed E-state index contributed by atoms with van der Waals surface area (Å²) in [7, 11) is 0. The first-order valence-corrected chi connectivity index (χ1v) is 9.08. The quantitative estimate of drug-likeness (QED) is 0.287. The molecule has 0 fully saturated rings. The molecule has 0 aromatic heterocycles. The Labute approximate surface area is 141 Å². The second-order valence-corrected chi connectivity index (χ2v) is 6.11. The molecule has 22 heavy (non-hydrogen) atoms. The third-order valence-corrected chi connectivity index (χ3v) is 3.84. The Morgan fingerprint density at radius 3 is 2.09 bits per heavy atom. The molecule has 0 saturated carbocycles. The van der Waals surface area contributed by atoms with Crippen LogP contribution in [0.5, 0.6) is 0 Å². The fourth-order valence-electron chi connectivity index (χ4n) is 2.35. The molecular formula is C18H31N3S. The molecule has 3 nitrogen and oxygen atoms in total. The highest BCUT2D eigenvalue weighted by molar-refractivity contribution is 7.80. The van der Waals surface area contributed by atoms with E-state index in [9.17, 15) is 0 Å². The van der Waals surface area contributed by atoms with Gasteiger partial charge in [0.25, 0.3) is 0 Å². The lowest BCUT2D eigenvalue weighted by Crippen LogP contribution is -2.40. The first-order chi connectivity index (χ1) is 10.8. The van der Waals surface area contributed by atoms with Crippen LogP contribution in [0.15, 0.2) is 30.3 Å². The molecule has 4 heteroatoms. The van der Waals surface area contributed by atoms with E-state index in [-0.39, 0.29) is 0 Å². The van der Waals surface area contributed by atoms with Crippen LogP contribution in [0.25, 0.3) is 0 Å². The highest BCUT2D eigenvalue weighted by Gasteiger charge is 1.96. The Hall–Kier alpha value is -1.13. The zero-order valence-corrected chi connectivity index (χ0v) is 14.7. The van der Waals surface area contributed by atoms with Crippen molar-refractivity contribution in [2.45, 2.75) is 64.7 Å². The van der Waals surface area contributed by atoms with Crippen molar-refractivity contribution < 1.29 is 0 Å². The highest BCUT2D eigenvalue weighted by atomic mass is 32.1. The third-order valence-electron chi connectivity index (χ3n) is 3.64. The second-order valence-electron chi connectivity index (χ2n) is 5.70. The van der Waals surface area contributed by atoms with Crippen LogP contribution < -0.4 is 16.2 Å². The molecule has 0 saturated heterocycles. The summed E-state index contributed by atoms with van der Waals surface area (Å²) in [6.45, 7) is 3.22. The van der Waals surface area contributed by atoms with Crippen LogP contribution >= 0.6 is 12.2 Å². The maximum atomic E-state index is 5.22. The van der Waals surface area contributed by atoms with Crippen molar-refractivity contribution >= 4 is 23.0 Å². The zero-order chi connectivity index (χ0) is 15.9. The summed E-state index contributed by atoms with van der Waals surface area (Å²) in [5.41, 5.74) is 7.20. The van der Waals surface area contributed by atoms with Gasteiger partial charge in [-0.2, -0.15) is 0 Å². The molecule has 0 atom stereocenters. The van der Waals surface area contributed by atoms with Crippen molar-refractivity contribution in [2.24, 2.45) is 0 Å². The summed E-state index contributed by atoms with van der Waals surface area (Å²) in [6, 6.07) is 9.95. The first kappa shape index (κ1) is 18.9. The molecule has 0 amide bonds. The van der Waals surface area contributed by atoms with Gasteiger partial charge in [-0.1, -0.05) is 76.5 Å². The maximum absolute atomic E-state index is 5.22. The fourth-order valence-corrected chi connectivity index (χ4v) is 2.54. The number of benzene rings is 1. The minimum atomic E-state index is 0.613. The van der Waals surface area contributed by atoms with E-state index in [1.54, 1.807) is 0 Å². The maximum Gasteiger partial charge on any atom is 0.185 e. The fraction of sp³-hybridized carbons (Fsp3) is 0.611. The van der Waals surface area contributed by atoms with Gasteiger partial charge in [0.15, 0.2) is 5.11 Å². The van der Waals surface area contributed by atoms with Gasteiger partial charge < -0.3 is 5.32 Å². The number of para-hydroxylation sites is 1. The van der Waals surface area contributed by atoms with Crippen molar-refractivity contribution in [1.82, 2.24) is 10.9 Å². The summed E-state index contributed by atoms with van der Waals surface area (Å²) < 4.78 is 0. The number of thiocarbonyl (C=S) groups is 1. The van der Waals surface area contributed by atoms with Gasteiger partial charge in [0.1, 0.15) is 0 Å².